The molecule has 0 aliphatic carbocycles. The number of nitrogens with two attached hydrogens (primary N) is 1. The predicted octanol–water partition coefficient (Wildman–Crippen LogP) is 1.61. The molecule has 1 atom stereocenters. The highest BCUT2D eigenvalue weighted by Crippen LogP contribution is 2.11. The molecule has 1 aliphatic rings. The van der Waals surface area contributed by atoms with Gasteiger partial charge in [0.1, 0.15) is 0 Å². The smallest absolute Gasteiger partial charge is 0.0674 e. The van der Waals surface area contributed by atoms with Crippen molar-refractivity contribution in [2.75, 3.05) is 26.2 Å². The maximum Gasteiger partial charge on any atom is 0.0674 e. The molecule has 0 amide bonds. The maximum atomic E-state index is 5.66. The van der Waals surface area contributed by atoms with Crippen LogP contribution in [0.1, 0.15) is 24.5 Å². The van der Waals surface area contributed by atoms with Crippen molar-refractivity contribution < 1.29 is 4.74 Å². The molecule has 0 radical (unpaired) electrons. The van der Waals surface area contributed by atoms with E-state index in [4.69, 9.17) is 10.5 Å². The van der Waals surface area contributed by atoms with Gasteiger partial charge >= 0.3 is 0 Å². The second-order valence-electron chi connectivity index (χ2n) is 4.97. The summed E-state index contributed by atoms with van der Waals surface area (Å²) in [6, 6.07) is 8.43. The third kappa shape index (κ3) is 4.68. The minimum absolute atomic E-state index is 0.331. The molecule has 3 nitrogen and oxygen atoms in total. The average Bonchev–Trinajstić information content (AvgIpc) is 2.62. The number of rotatable bonds is 2. The lowest BCUT2D eigenvalue weighted by Crippen LogP contribution is -2.29. The number of hydrogen-bond acceptors (Lipinski definition) is 3. The first-order valence-electron chi connectivity index (χ1n) is 6.90. The molecule has 19 heavy (non-hydrogen) atoms. The lowest BCUT2D eigenvalue weighted by molar-refractivity contribution is 0.0668. The van der Waals surface area contributed by atoms with E-state index in [9.17, 15) is 0 Å². The van der Waals surface area contributed by atoms with E-state index < -0.39 is 0 Å². The van der Waals surface area contributed by atoms with E-state index in [1.165, 1.54) is 5.56 Å². The minimum atomic E-state index is 0.331. The molecule has 0 spiro atoms. The lowest BCUT2D eigenvalue weighted by Gasteiger charge is -2.21. The normalized spacial score (nSPS) is 20.4. The van der Waals surface area contributed by atoms with Crippen molar-refractivity contribution in [1.82, 2.24) is 4.90 Å². The van der Waals surface area contributed by atoms with Crippen LogP contribution in [-0.4, -0.2) is 37.2 Å². The van der Waals surface area contributed by atoms with Crippen LogP contribution in [0.2, 0.25) is 0 Å². The van der Waals surface area contributed by atoms with E-state index in [2.05, 4.69) is 47.9 Å². The van der Waals surface area contributed by atoms with Crippen LogP contribution < -0.4 is 5.73 Å². The Morgan fingerprint density at radius 3 is 2.89 bits per heavy atom. The summed E-state index contributed by atoms with van der Waals surface area (Å²) in [6.07, 6.45) is 1.45. The van der Waals surface area contributed by atoms with E-state index >= 15 is 0 Å². The van der Waals surface area contributed by atoms with Gasteiger partial charge in [-0.05, 0) is 31.0 Å². The van der Waals surface area contributed by atoms with Gasteiger partial charge in [-0.2, -0.15) is 0 Å². The second-order valence-corrected chi connectivity index (χ2v) is 4.97. The molecule has 1 aliphatic heterocycles. The Bertz CT molecular complexity index is 444. The Hall–Kier alpha value is -1.34. The summed E-state index contributed by atoms with van der Waals surface area (Å²) < 4.78 is 5.66. The third-order valence-corrected chi connectivity index (χ3v) is 3.23. The van der Waals surface area contributed by atoms with E-state index in [1.54, 1.807) is 0 Å². The predicted molar refractivity (Wildman–Crippen MR) is 77.7 cm³/mol. The van der Waals surface area contributed by atoms with E-state index in [1.807, 2.05) is 0 Å². The monoisotopic (exact) mass is 258 g/mol. The molecule has 1 unspecified atom stereocenters. The summed E-state index contributed by atoms with van der Waals surface area (Å²) in [6.45, 7) is 6.54. The zero-order valence-corrected chi connectivity index (χ0v) is 11.6. The quantitative estimate of drug-likeness (QED) is 0.819. The van der Waals surface area contributed by atoms with E-state index in [-0.39, 0.29) is 0 Å². The Labute approximate surface area is 115 Å². The molecule has 1 aromatic carbocycles. The largest absolute Gasteiger partial charge is 0.377 e. The van der Waals surface area contributed by atoms with Crippen LogP contribution >= 0.6 is 0 Å². The summed E-state index contributed by atoms with van der Waals surface area (Å²) in [7, 11) is 0. The number of ether oxygens (including phenoxy) is 1. The van der Waals surface area contributed by atoms with Gasteiger partial charge in [-0.3, -0.25) is 4.90 Å². The highest BCUT2D eigenvalue weighted by atomic mass is 16.5. The fourth-order valence-electron chi connectivity index (χ4n) is 2.33. The van der Waals surface area contributed by atoms with Crippen LogP contribution in [0.25, 0.3) is 0 Å². The van der Waals surface area contributed by atoms with E-state index in [0.717, 1.165) is 38.2 Å². The SMILES string of the molecule is CC1CN(Cc2ccc(C#CCN)cc2)CCCO1. The van der Waals surface area contributed by atoms with Gasteiger partial charge in [-0.15, -0.1) is 0 Å². The molecule has 2 N–H and O–H groups in total. The van der Waals surface area contributed by atoms with Gasteiger partial charge in [-0.1, -0.05) is 24.0 Å². The van der Waals surface area contributed by atoms with Crippen LogP contribution in [0.4, 0.5) is 0 Å². The Balaban J connectivity index is 1.94. The number of benzene rings is 1. The van der Waals surface area contributed by atoms with Gasteiger partial charge in [0.2, 0.25) is 0 Å². The molecule has 1 heterocycles. The van der Waals surface area contributed by atoms with Crippen LogP contribution in [-0.2, 0) is 11.3 Å². The zero-order valence-electron chi connectivity index (χ0n) is 11.6. The van der Waals surface area contributed by atoms with Crippen molar-refractivity contribution in [3.8, 4) is 11.8 Å². The molecule has 3 heteroatoms. The van der Waals surface area contributed by atoms with Crippen molar-refractivity contribution in [3.05, 3.63) is 35.4 Å². The van der Waals surface area contributed by atoms with Crippen LogP contribution in [0.5, 0.6) is 0 Å². The summed E-state index contributed by atoms with van der Waals surface area (Å²) in [5.74, 6) is 5.91. The minimum Gasteiger partial charge on any atom is -0.377 e. The standard InChI is InChI=1S/C16H22N2O/c1-14-12-18(10-3-11-19-14)13-16-7-5-15(6-8-16)4-2-9-17/h5-8,14H,3,9-13,17H2,1H3. The van der Waals surface area contributed by atoms with Gasteiger partial charge < -0.3 is 10.5 Å². The Morgan fingerprint density at radius 2 is 2.16 bits per heavy atom. The number of hydrogen-bond donors (Lipinski definition) is 1. The highest BCUT2D eigenvalue weighted by molar-refractivity contribution is 5.36. The fraction of sp³-hybridized carbons (Fsp3) is 0.500. The first-order chi connectivity index (χ1) is 9.28. The van der Waals surface area contributed by atoms with Crippen LogP contribution in [0, 0.1) is 11.8 Å². The third-order valence-electron chi connectivity index (χ3n) is 3.23. The maximum absolute atomic E-state index is 5.66. The molecular weight excluding hydrogens is 236 g/mol. The molecule has 2 rings (SSSR count). The first kappa shape index (κ1) is 14.1. The molecule has 0 saturated carbocycles. The van der Waals surface area contributed by atoms with Crippen molar-refractivity contribution in [2.24, 2.45) is 5.73 Å². The molecule has 1 aromatic rings. The molecular formula is C16H22N2O. The van der Waals surface area contributed by atoms with E-state index in [0.29, 0.717) is 12.6 Å². The second kappa shape index (κ2) is 7.30. The molecule has 0 bridgehead atoms. The van der Waals surface area contributed by atoms with Gasteiger partial charge in [-0.25, -0.2) is 0 Å². The number of nitrogens with zero attached hydrogens (tertiary/aromatic N) is 1. The molecule has 102 valence electrons. The van der Waals surface area contributed by atoms with Crippen LogP contribution in [0.15, 0.2) is 24.3 Å². The molecule has 1 fully saturated rings. The molecule has 1 saturated heterocycles. The fourth-order valence-corrected chi connectivity index (χ4v) is 2.33. The Morgan fingerprint density at radius 1 is 1.37 bits per heavy atom. The molecule has 0 aromatic heterocycles. The first-order valence-corrected chi connectivity index (χ1v) is 6.90. The van der Waals surface area contributed by atoms with Gasteiger partial charge in [0.25, 0.3) is 0 Å². The summed E-state index contributed by atoms with van der Waals surface area (Å²) in [5.41, 5.74) is 7.72. The lowest BCUT2D eigenvalue weighted by atomic mass is 10.1. The van der Waals surface area contributed by atoms with Gasteiger partial charge in [0.15, 0.2) is 0 Å². The van der Waals surface area contributed by atoms with Gasteiger partial charge in [0.05, 0.1) is 12.6 Å². The highest BCUT2D eigenvalue weighted by Gasteiger charge is 2.14. The van der Waals surface area contributed by atoms with Crippen molar-refractivity contribution in [2.45, 2.75) is 26.0 Å². The van der Waals surface area contributed by atoms with Crippen molar-refractivity contribution >= 4 is 0 Å². The van der Waals surface area contributed by atoms with Crippen LogP contribution in [0.3, 0.4) is 0 Å². The Kier molecular flexibility index (Phi) is 5.41. The topological polar surface area (TPSA) is 38.5 Å². The summed E-state index contributed by atoms with van der Waals surface area (Å²) in [5, 5.41) is 0. The summed E-state index contributed by atoms with van der Waals surface area (Å²) >= 11 is 0. The average molecular weight is 258 g/mol. The van der Waals surface area contributed by atoms with Crippen molar-refractivity contribution in [1.29, 1.82) is 0 Å². The van der Waals surface area contributed by atoms with Crippen molar-refractivity contribution in [3.63, 3.8) is 0 Å². The zero-order chi connectivity index (χ0) is 13.5. The van der Waals surface area contributed by atoms with Gasteiger partial charge in [0, 0.05) is 31.8 Å². The summed E-state index contributed by atoms with van der Waals surface area (Å²) in [4.78, 5) is 2.46.